The first-order valence-corrected chi connectivity index (χ1v) is 16.3. The maximum atomic E-state index is 13.8. The van der Waals surface area contributed by atoms with E-state index in [9.17, 15) is 17.6 Å². The summed E-state index contributed by atoms with van der Waals surface area (Å²) in [4.78, 5) is 22.6. The Hall–Kier alpha value is -3.09. The number of hydrogen-bond acceptors (Lipinski definition) is 8. The molecule has 0 bridgehead atoms. The van der Waals surface area contributed by atoms with Crippen LogP contribution in [0, 0.1) is 5.82 Å². The minimum atomic E-state index is -3.79. The standard InChI is InChI=1S/C29H37FN6O4S/c1-40-23-7-4-14-35(18-23)21-12-15-34(16-13-21)25-17-24(29(37)33-41(2,38)39)31-28-26(25)27(19-5-3-6-19)32-36(28)22-10-8-20(30)9-11-22/h8-11,17,19,21,23H,3-7,12-16,18H2,1-2H3,(H,33,37). The number of likely N-dealkylation sites (tertiary alicyclic amines) is 1. The summed E-state index contributed by atoms with van der Waals surface area (Å²) >= 11 is 0. The van der Waals surface area contributed by atoms with Gasteiger partial charge in [0.2, 0.25) is 10.0 Å². The number of sulfonamides is 1. The normalized spacial score (nSPS) is 21.2. The number of anilines is 1. The molecule has 6 rings (SSSR count). The number of carbonyl (C=O) groups is 1. The molecule has 2 aliphatic heterocycles. The third-order valence-corrected chi connectivity index (χ3v) is 9.34. The summed E-state index contributed by atoms with van der Waals surface area (Å²) in [6, 6.07) is 8.17. The molecule has 1 unspecified atom stereocenters. The lowest BCUT2D eigenvalue weighted by molar-refractivity contribution is 0.0102. The van der Waals surface area contributed by atoms with E-state index in [1.807, 2.05) is 0 Å². The third-order valence-electron chi connectivity index (χ3n) is 8.78. The predicted molar refractivity (Wildman–Crippen MR) is 155 cm³/mol. The number of fused-ring (bicyclic) bond motifs is 1. The van der Waals surface area contributed by atoms with Crippen molar-refractivity contribution in [3.63, 3.8) is 0 Å². The van der Waals surface area contributed by atoms with Crippen LogP contribution in [0.25, 0.3) is 16.7 Å². The molecular formula is C29H37FN6O4S. The number of aromatic nitrogens is 3. The molecule has 0 radical (unpaired) electrons. The number of methoxy groups -OCH3 is 1. The SMILES string of the molecule is COC1CCCN(C2CCN(c3cc(C(=O)NS(C)(=O)=O)nc4c3c(C3CCC3)nn4-c3ccc(F)cc3)CC2)C1. The quantitative estimate of drug-likeness (QED) is 0.449. The Balaban J connectivity index is 1.41. The van der Waals surface area contributed by atoms with Gasteiger partial charge in [-0.2, -0.15) is 5.10 Å². The molecular weight excluding hydrogens is 547 g/mol. The highest BCUT2D eigenvalue weighted by atomic mass is 32.2. The van der Waals surface area contributed by atoms with Crippen LogP contribution < -0.4 is 9.62 Å². The molecule has 1 aromatic carbocycles. The molecule has 220 valence electrons. The minimum Gasteiger partial charge on any atom is -0.380 e. The van der Waals surface area contributed by atoms with Gasteiger partial charge in [-0.25, -0.2) is 27.2 Å². The Morgan fingerprint density at radius 2 is 1.78 bits per heavy atom. The molecule has 3 aromatic rings. The van der Waals surface area contributed by atoms with Crippen LogP contribution in [0.5, 0.6) is 0 Å². The molecule has 2 aromatic heterocycles. The largest absolute Gasteiger partial charge is 0.380 e. The molecule has 1 aliphatic carbocycles. The Bertz CT molecular complexity index is 1530. The van der Waals surface area contributed by atoms with Gasteiger partial charge in [0.1, 0.15) is 11.5 Å². The number of rotatable bonds is 7. The van der Waals surface area contributed by atoms with Crippen LogP contribution in [-0.2, 0) is 14.8 Å². The maximum Gasteiger partial charge on any atom is 0.283 e. The predicted octanol–water partition coefficient (Wildman–Crippen LogP) is 3.60. The summed E-state index contributed by atoms with van der Waals surface area (Å²) in [6.45, 7) is 3.61. The number of halogens is 1. The lowest BCUT2D eigenvalue weighted by Gasteiger charge is -2.42. The van der Waals surface area contributed by atoms with Crippen LogP contribution in [0.3, 0.4) is 0 Å². The van der Waals surface area contributed by atoms with Crippen molar-refractivity contribution < 1.29 is 22.3 Å². The van der Waals surface area contributed by atoms with E-state index in [0.717, 1.165) is 94.1 Å². The van der Waals surface area contributed by atoms with E-state index in [1.54, 1.807) is 30.0 Å². The number of benzene rings is 1. The van der Waals surface area contributed by atoms with Crippen molar-refractivity contribution in [2.24, 2.45) is 0 Å². The highest BCUT2D eigenvalue weighted by Gasteiger charge is 2.33. The third kappa shape index (κ3) is 5.82. The second-order valence-corrected chi connectivity index (χ2v) is 13.3. The number of nitrogens with zero attached hydrogens (tertiary/aromatic N) is 5. The van der Waals surface area contributed by atoms with Crippen molar-refractivity contribution in [2.45, 2.75) is 63.0 Å². The first kappa shape index (κ1) is 28.0. The van der Waals surface area contributed by atoms with E-state index in [2.05, 4.69) is 19.5 Å². The van der Waals surface area contributed by atoms with Gasteiger partial charge < -0.3 is 9.64 Å². The summed E-state index contributed by atoms with van der Waals surface area (Å²) < 4.78 is 47.0. The van der Waals surface area contributed by atoms with Crippen LogP contribution in [0.4, 0.5) is 10.1 Å². The van der Waals surface area contributed by atoms with Crippen LogP contribution in [0.1, 0.15) is 67.0 Å². The van der Waals surface area contributed by atoms with Crippen molar-refractivity contribution in [3.8, 4) is 5.69 Å². The second kappa shape index (κ2) is 11.3. The molecule has 0 spiro atoms. The van der Waals surface area contributed by atoms with Gasteiger partial charge in [-0.05, 0) is 75.4 Å². The Kier molecular flexibility index (Phi) is 7.73. The summed E-state index contributed by atoms with van der Waals surface area (Å²) in [5, 5.41) is 5.86. The van der Waals surface area contributed by atoms with Crippen molar-refractivity contribution in [1.82, 2.24) is 24.4 Å². The topological polar surface area (TPSA) is 110 Å². The maximum absolute atomic E-state index is 13.8. The Labute approximate surface area is 239 Å². The molecule has 1 amide bonds. The van der Waals surface area contributed by atoms with Gasteiger partial charge in [-0.3, -0.25) is 9.69 Å². The van der Waals surface area contributed by atoms with Gasteiger partial charge in [0.15, 0.2) is 5.65 Å². The summed E-state index contributed by atoms with van der Waals surface area (Å²) in [6.07, 6.45) is 8.55. The van der Waals surface area contributed by atoms with Crippen LogP contribution >= 0.6 is 0 Å². The molecule has 3 fully saturated rings. The summed E-state index contributed by atoms with van der Waals surface area (Å²) in [7, 11) is -2.01. The minimum absolute atomic E-state index is 0.00226. The van der Waals surface area contributed by atoms with Crippen LogP contribution in [0.15, 0.2) is 30.3 Å². The number of piperidine rings is 2. The molecule has 3 aliphatic rings. The number of hydrogen-bond donors (Lipinski definition) is 1. The monoisotopic (exact) mass is 584 g/mol. The van der Waals surface area contributed by atoms with Gasteiger partial charge in [0, 0.05) is 38.7 Å². The number of ether oxygens (including phenoxy) is 1. The second-order valence-electron chi connectivity index (χ2n) is 11.5. The number of carbonyl (C=O) groups excluding carboxylic acids is 1. The molecule has 10 nitrogen and oxygen atoms in total. The highest BCUT2D eigenvalue weighted by molar-refractivity contribution is 7.89. The van der Waals surface area contributed by atoms with Gasteiger partial charge in [-0.1, -0.05) is 6.42 Å². The van der Waals surface area contributed by atoms with Crippen molar-refractivity contribution in [2.75, 3.05) is 44.4 Å². The van der Waals surface area contributed by atoms with Gasteiger partial charge in [0.05, 0.1) is 34.8 Å². The molecule has 2 saturated heterocycles. The lowest BCUT2D eigenvalue weighted by atomic mass is 9.82. The fourth-order valence-electron chi connectivity index (χ4n) is 6.40. The zero-order chi connectivity index (χ0) is 28.7. The van der Waals surface area contributed by atoms with E-state index < -0.39 is 15.9 Å². The van der Waals surface area contributed by atoms with Crippen molar-refractivity contribution in [1.29, 1.82) is 0 Å². The van der Waals surface area contributed by atoms with E-state index in [4.69, 9.17) is 9.84 Å². The molecule has 12 heteroatoms. The van der Waals surface area contributed by atoms with E-state index >= 15 is 0 Å². The number of pyridine rings is 1. The van der Waals surface area contributed by atoms with E-state index in [0.29, 0.717) is 17.4 Å². The molecule has 1 atom stereocenters. The molecule has 1 saturated carbocycles. The Morgan fingerprint density at radius 3 is 2.41 bits per heavy atom. The zero-order valence-electron chi connectivity index (χ0n) is 23.6. The first-order chi connectivity index (χ1) is 19.7. The van der Waals surface area contributed by atoms with Crippen LogP contribution in [-0.4, -0.2) is 85.7 Å². The number of nitrogens with one attached hydrogen (secondary N) is 1. The first-order valence-electron chi connectivity index (χ1n) is 14.4. The molecule has 1 N–H and O–H groups in total. The van der Waals surface area contributed by atoms with Crippen molar-refractivity contribution >= 4 is 32.7 Å². The fourth-order valence-corrected chi connectivity index (χ4v) is 6.84. The smallest absolute Gasteiger partial charge is 0.283 e. The lowest BCUT2D eigenvalue weighted by Crippen LogP contribution is -2.50. The number of amides is 1. The van der Waals surface area contributed by atoms with Gasteiger partial charge in [-0.15, -0.1) is 0 Å². The molecule has 4 heterocycles. The zero-order valence-corrected chi connectivity index (χ0v) is 24.4. The Morgan fingerprint density at radius 1 is 1.05 bits per heavy atom. The van der Waals surface area contributed by atoms with E-state index in [-0.39, 0.29) is 23.5 Å². The average molecular weight is 585 g/mol. The van der Waals surface area contributed by atoms with Gasteiger partial charge in [0.25, 0.3) is 5.91 Å². The fraction of sp³-hybridized carbons (Fsp3) is 0.552. The van der Waals surface area contributed by atoms with E-state index in [1.165, 1.54) is 12.1 Å². The summed E-state index contributed by atoms with van der Waals surface area (Å²) in [5.41, 5.74) is 2.86. The van der Waals surface area contributed by atoms with Gasteiger partial charge >= 0.3 is 0 Å². The summed E-state index contributed by atoms with van der Waals surface area (Å²) in [5.74, 6) is -0.881. The van der Waals surface area contributed by atoms with Crippen LogP contribution in [0.2, 0.25) is 0 Å². The molecule has 41 heavy (non-hydrogen) atoms. The average Bonchev–Trinajstić information content (AvgIpc) is 3.30. The van der Waals surface area contributed by atoms with Crippen molar-refractivity contribution in [3.05, 3.63) is 47.5 Å². The highest BCUT2D eigenvalue weighted by Crippen LogP contribution is 2.43.